The molecule has 0 saturated heterocycles. The zero-order chi connectivity index (χ0) is 9.42. The molecule has 0 aliphatic carbocycles. The fraction of sp³-hybridized carbons (Fsp3) is 0.364. The number of rotatable bonds is 1. The zero-order valence-electron chi connectivity index (χ0n) is 8.26. The number of nitrogens with one attached hydrogen (secondary N) is 1. The number of fused-ring (bicyclic) bond motifs is 1. The fourth-order valence-corrected chi connectivity index (χ4v) is 1.70. The van der Waals surface area contributed by atoms with Gasteiger partial charge in [0.25, 0.3) is 0 Å². The number of aromatic nitrogens is 2. The van der Waals surface area contributed by atoms with E-state index in [-0.39, 0.29) is 0 Å². The number of benzene rings is 1. The normalized spacial score (nSPS) is 11.4. The average Bonchev–Trinajstić information content (AvgIpc) is 2.49. The van der Waals surface area contributed by atoms with Gasteiger partial charge in [-0.05, 0) is 24.5 Å². The van der Waals surface area contributed by atoms with Gasteiger partial charge >= 0.3 is 0 Å². The Balaban J connectivity index is 2.77. The van der Waals surface area contributed by atoms with Gasteiger partial charge in [-0.3, -0.25) is 5.10 Å². The number of aromatic amines is 1. The maximum atomic E-state index is 4.06. The maximum Gasteiger partial charge on any atom is 0.0685 e. The third kappa shape index (κ3) is 1.32. The van der Waals surface area contributed by atoms with Crippen molar-refractivity contribution in [3.05, 3.63) is 29.5 Å². The third-order valence-corrected chi connectivity index (χ3v) is 2.35. The zero-order valence-corrected chi connectivity index (χ0v) is 8.26. The van der Waals surface area contributed by atoms with Crippen LogP contribution in [-0.2, 0) is 0 Å². The number of hydrogen-bond donors (Lipinski definition) is 1. The van der Waals surface area contributed by atoms with Crippen molar-refractivity contribution in [3.8, 4) is 0 Å². The molecule has 0 spiro atoms. The van der Waals surface area contributed by atoms with Crippen molar-refractivity contribution in [2.24, 2.45) is 0 Å². The monoisotopic (exact) mass is 174 g/mol. The first-order chi connectivity index (χ1) is 6.18. The van der Waals surface area contributed by atoms with Gasteiger partial charge in [-0.1, -0.05) is 25.5 Å². The first-order valence-electron chi connectivity index (χ1n) is 4.62. The molecular formula is C11H14N2. The highest BCUT2D eigenvalue weighted by Gasteiger charge is 2.07. The van der Waals surface area contributed by atoms with Crippen molar-refractivity contribution in [2.45, 2.75) is 26.7 Å². The van der Waals surface area contributed by atoms with E-state index in [9.17, 15) is 0 Å². The molecule has 0 unspecified atom stereocenters. The molecule has 2 aromatic rings. The van der Waals surface area contributed by atoms with E-state index >= 15 is 0 Å². The van der Waals surface area contributed by atoms with E-state index in [0.29, 0.717) is 5.92 Å². The highest BCUT2D eigenvalue weighted by Crippen LogP contribution is 2.24. The topological polar surface area (TPSA) is 28.7 Å². The van der Waals surface area contributed by atoms with Gasteiger partial charge in [-0.2, -0.15) is 5.10 Å². The lowest BCUT2D eigenvalue weighted by atomic mass is 9.98. The molecule has 0 aliphatic heterocycles. The largest absolute Gasteiger partial charge is 0.278 e. The van der Waals surface area contributed by atoms with Gasteiger partial charge in [0.05, 0.1) is 11.7 Å². The average molecular weight is 174 g/mol. The Bertz CT molecular complexity index is 427. The second-order valence-electron chi connectivity index (χ2n) is 3.84. The molecule has 13 heavy (non-hydrogen) atoms. The fourth-order valence-electron chi connectivity index (χ4n) is 1.70. The van der Waals surface area contributed by atoms with E-state index in [0.717, 1.165) is 0 Å². The predicted molar refractivity (Wildman–Crippen MR) is 54.9 cm³/mol. The summed E-state index contributed by atoms with van der Waals surface area (Å²) < 4.78 is 0. The van der Waals surface area contributed by atoms with Crippen molar-refractivity contribution in [3.63, 3.8) is 0 Å². The van der Waals surface area contributed by atoms with Crippen LogP contribution in [0, 0.1) is 6.92 Å². The molecule has 68 valence electrons. The lowest BCUT2D eigenvalue weighted by Crippen LogP contribution is -1.90. The Labute approximate surface area is 78.0 Å². The summed E-state index contributed by atoms with van der Waals surface area (Å²) in [5, 5.41) is 8.32. The molecule has 1 heterocycles. The molecule has 0 bridgehead atoms. The van der Waals surface area contributed by atoms with Crippen LogP contribution in [0.2, 0.25) is 0 Å². The molecule has 0 fully saturated rings. The van der Waals surface area contributed by atoms with Crippen LogP contribution in [0.4, 0.5) is 0 Å². The van der Waals surface area contributed by atoms with Crippen molar-refractivity contribution in [1.29, 1.82) is 0 Å². The Morgan fingerprint density at radius 2 is 2.08 bits per heavy atom. The van der Waals surface area contributed by atoms with Gasteiger partial charge in [-0.25, -0.2) is 0 Å². The van der Waals surface area contributed by atoms with Gasteiger partial charge in [-0.15, -0.1) is 0 Å². The van der Waals surface area contributed by atoms with E-state index in [1.165, 1.54) is 22.0 Å². The SMILES string of the molecule is Cc1cc(C(C)C)c2[nH]ncc2c1. The quantitative estimate of drug-likeness (QED) is 0.707. The molecule has 0 saturated carbocycles. The predicted octanol–water partition coefficient (Wildman–Crippen LogP) is 2.99. The molecule has 0 aliphatic rings. The summed E-state index contributed by atoms with van der Waals surface area (Å²) in [7, 11) is 0. The maximum absolute atomic E-state index is 4.06. The molecule has 1 N–H and O–H groups in total. The summed E-state index contributed by atoms with van der Waals surface area (Å²) in [5.74, 6) is 0.544. The minimum Gasteiger partial charge on any atom is -0.278 e. The summed E-state index contributed by atoms with van der Waals surface area (Å²) >= 11 is 0. The Hall–Kier alpha value is -1.31. The van der Waals surface area contributed by atoms with Crippen LogP contribution in [-0.4, -0.2) is 10.2 Å². The molecule has 1 aromatic carbocycles. The number of H-pyrrole nitrogens is 1. The molecule has 0 radical (unpaired) electrons. The Morgan fingerprint density at radius 3 is 2.77 bits per heavy atom. The molecular weight excluding hydrogens is 160 g/mol. The molecule has 1 aromatic heterocycles. The van der Waals surface area contributed by atoms with E-state index in [1.807, 2.05) is 6.20 Å². The third-order valence-electron chi connectivity index (χ3n) is 2.35. The standard InChI is InChI=1S/C11H14N2/c1-7(2)10-5-8(3)4-9-6-12-13-11(9)10/h4-7H,1-3H3,(H,12,13). The van der Waals surface area contributed by atoms with Crippen molar-refractivity contribution >= 4 is 10.9 Å². The van der Waals surface area contributed by atoms with Crippen molar-refractivity contribution < 1.29 is 0 Å². The van der Waals surface area contributed by atoms with Crippen LogP contribution < -0.4 is 0 Å². The van der Waals surface area contributed by atoms with Gasteiger partial charge in [0, 0.05) is 5.39 Å². The van der Waals surface area contributed by atoms with Crippen LogP contribution in [0.3, 0.4) is 0 Å². The Kier molecular flexibility index (Phi) is 1.83. The van der Waals surface area contributed by atoms with E-state index in [1.54, 1.807) is 0 Å². The lowest BCUT2D eigenvalue weighted by molar-refractivity contribution is 0.869. The van der Waals surface area contributed by atoms with E-state index in [4.69, 9.17) is 0 Å². The summed E-state index contributed by atoms with van der Waals surface area (Å²) in [5.41, 5.74) is 3.84. The number of aryl methyl sites for hydroxylation is 1. The summed E-state index contributed by atoms with van der Waals surface area (Å²) in [4.78, 5) is 0. The highest BCUT2D eigenvalue weighted by atomic mass is 15.1. The van der Waals surface area contributed by atoms with Crippen LogP contribution in [0.25, 0.3) is 10.9 Å². The van der Waals surface area contributed by atoms with Gasteiger partial charge in [0.2, 0.25) is 0 Å². The number of nitrogens with zero attached hydrogens (tertiary/aromatic N) is 1. The summed E-state index contributed by atoms with van der Waals surface area (Å²) in [6, 6.07) is 4.38. The van der Waals surface area contributed by atoms with E-state index < -0.39 is 0 Å². The van der Waals surface area contributed by atoms with Gasteiger partial charge in [0.15, 0.2) is 0 Å². The molecule has 2 rings (SSSR count). The minimum absolute atomic E-state index is 0.544. The van der Waals surface area contributed by atoms with Crippen LogP contribution in [0.5, 0.6) is 0 Å². The summed E-state index contributed by atoms with van der Waals surface area (Å²) in [6.07, 6.45) is 1.88. The number of hydrogen-bond acceptors (Lipinski definition) is 1. The lowest BCUT2D eigenvalue weighted by Gasteiger charge is -2.07. The molecule has 2 nitrogen and oxygen atoms in total. The summed E-state index contributed by atoms with van der Waals surface area (Å²) in [6.45, 7) is 6.53. The highest BCUT2D eigenvalue weighted by molar-refractivity contribution is 5.82. The van der Waals surface area contributed by atoms with Crippen LogP contribution >= 0.6 is 0 Å². The van der Waals surface area contributed by atoms with Crippen LogP contribution in [0.1, 0.15) is 30.9 Å². The molecule has 0 atom stereocenters. The molecule has 0 amide bonds. The minimum atomic E-state index is 0.544. The van der Waals surface area contributed by atoms with Crippen molar-refractivity contribution in [2.75, 3.05) is 0 Å². The van der Waals surface area contributed by atoms with Gasteiger partial charge in [0.1, 0.15) is 0 Å². The van der Waals surface area contributed by atoms with Crippen LogP contribution in [0.15, 0.2) is 18.3 Å². The molecule has 2 heteroatoms. The first kappa shape index (κ1) is 8.30. The Morgan fingerprint density at radius 1 is 1.31 bits per heavy atom. The van der Waals surface area contributed by atoms with Crippen molar-refractivity contribution in [1.82, 2.24) is 10.2 Å². The van der Waals surface area contributed by atoms with E-state index in [2.05, 4.69) is 43.1 Å². The second-order valence-corrected chi connectivity index (χ2v) is 3.84. The first-order valence-corrected chi connectivity index (χ1v) is 4.62. The second kappa shape index (κ2) is 2.87. The van der Waals surface area contributed by atoms with Gasteiger partial charge < -0.3 is 0 Å². The smallest absolute Gasteiger partial charge is 0.0685 e.